The number of hydrogen-bond donors (Lipinski definition) is 1. The fraction of sp³-hybridized carbons (Fsp3) is 0.500. The average Bonchev–Trinajstić information content (AvgIpc) is 2.73. The van der Waals surface area contributed by atoms with Crippen LogP contribution in [0.5, 0.6) is 0 Å². The molecule has 0 aromatic heterocycles. The van der Waals surface area contributed by atoms with Gasteiger partial charge in [0.25, 0.3) is 0 Å². The Hall–Kier alpha value is -1.07. The summed E-state index contributed by atoms with van der Waals surface area (Å²) in [6, 6.07) is 6.72. The molecule has 0 bridgehead atoms. The first kappa shape index (κ1) is 14.3. The summed E-state index contributed by atoms with van der Waals surface area (Å²) >= 11 is 1.55. The third-order valence-electron chi connectivity index (χ3n) is 3.28. The van der Waals surface area contributed by atoms with E-state index in [2.05, 4.69) is 5.32 Å². The number of nitrogens with zero attached hydrogens (tertiary/aromatic N) is 1. The first-order valence-electron chi connectivity index (χ1n) is 6.54. The van der Waals surface area contributed by atoms with Crippen molar-refractivity contribution in [3.63, 3.8) is 0 Å². The molecule has 2 atom stereocenters. The zero-order valence-electron chi connectivity index (χ0n) is 11.2. The summed E-state index contributed by atoms with van der Waals surface area (Å²) in [5.74, 6) is -0.116. The van der Waals surface area contributed by atoms with Crippen molar-refractivity contribution in [3.8, 4) is 0 Å². The van der Waals surface area contributed by atoms with Gasteiger partial charge in [0.2, 0.25) is 5.91 Å². The van der Waals surface area contributed by atoms with E-state index in [-0.39, 0.29) is 22.3 Å². The lowest BCUT2D eigenvalue weighted by Gasteiger charge is -2.24. The van der Waals surface area contributed by atoms with Crippen molar-refractivity contribution in [1.29, 1.82) is 0 Å². The van der Waals surface area contributed by atoms with Crippen LogP contribution in [0.15, 0.2) is 24.3 Å². The zero-order chi connectivity index (χ0) is 13.8. The van der Waals surface area contributed by atoms with E-state index < -0.39 is 0 Å². The molecule has 1 aliphatic rings. The third kappa shape index (κ3) is 2.92. The van der Waals surface area contributed by atoms with E-state index in [1.54, 1.807) is 28.8 Å². The number of halogens is 1. The standard InChI is InChI=1S/C14H19FN2OS/c1-3-12-13(18)17(9-8-16-2)14(19-12)10-6-4-5-7-11(10)15/h4-7,12,14,16H,3,8-9H2,1-2H3. The summed E-state index contributed by atoms with van der Waals surface area (Å²) in [5, 5.41) is 2.78. The number of amides is 1. The molecule has 2 unspecified atom stereocenters. The van der Waals surface area contributed by atoms with Crippen molar-refractivity contribution in [3.05, 3.63) is 35.6 Å². The Morgan fingerprint density at radius 2 is 2.16 bits per heavy atom. The minimum Gasteiger partial charge on any atom is -0.324 e. The maximum absolute atomic E-state index is 13.9. The quantitative estimate of drug-likeness (QED) is 0.900. The van der Waals surface area contributed by atoms with Crippen LogP contribution >= 0.6 is 11.8 Å². The van der Waals surface area contributed by atoms with Gasteiger partial charge in [-0.25, -0.2) is 4.39 Å². The molecule has 0 aliphatic carbocycles. The monoisotopic (exact) mass is 282 g/mol. The number of carbonyl (C=O) groups excluding carboxylic acids is 1. The number of carbonyl (C=O) groups is 1. The molecule has 1 fully saturated rings. The Morgan fingerprint density at radius 3 is 2.79 bits per heavy atom. The van der Waals surface area contributed by atoms with E-state index in [1.165, 1.54) is 6.07 Å². The van der Waals surface area contributed by atoms with Crippen LogP contribution in [0.25, 0.3) is 0 Å². The van der Waals surface area contributed by atoms with Crippen LogP contribution in [0.4, 0.5) is 4.39 Å². The molecule has 1 heterocycles. The van der Waals surface area contributed by atoms with E-state index in [9.17, 15) is 9.18 Å². The maximum Gasteiger partial charge on any atom is 0.236 e. The topological polar surface area (TPSA) is 32.3 Å². The molecule has 5 heteroatoms. The molecule has 1 amide bonds. The van der Waals surface area contributed by atoms with E-state index in [4.69, 9.17) is 0 Å². The fourth-order valence-corrected chi connectivity index (χ4v) is 3.68. The Kier molecular flexibility index (Phi) is 4.82. The summed E-state index contributed by atoms with van der Waals surface area (Å²) in [6.45, 7) is 3.32. The van der Waals surface area contributed by atoms with E-state index in [0.29, 0.717) is 18.7 Å². The SMILES string of the molecule is CCC1SC(c2ccccc2F)N(CCNC)C1=O. The van der Waals surface area contributed by atoms with Crippen LogP contribution in [0, 0.1) is 5.82 Å². The highest BCUT2D eigenvalue weighted by Gasteiger charge is 2.40. The average molecular weight is 282 g/mol. The van der Waals surface area contributed by atoms with Crippen molar-refractivity contribution in [2.75, 3.05) is 20.1 Å². The van der Waals surface area contributed by atoms with E-state index in [1.807, 2.05) is 20.0 Å². The van der Waals surface area contributed by atoms with Crippen molar-refractivity contribution in [1.82, 2.24) is 10.2 Å². The highest BCUT2D eigenvalue weighted by Crippen LogP contribution is 2.44. The van der Waals surface area contributed by atoms with Gasteiger partial charge >= 0.3 is 0 Å². The van der Waals surface area contributed by atoms with Crippen LogP contribution in [-0.4, -0.2) is 36.2 Å². The molecule has 1 saturated heterocycles. The molecular formula is C14H19FN2OS. The third-order valence-corrected chi connectivity index (χ3v) is 4.91. The van der Waals surface area contributed by atoms with Crippen LogP contribution in [0.1, 0.15) is 24.3 Å². The summed E-state index contributed by atoms with van der Waals surface area (Å²) in [7, 11) is 1.85. The summed E-state index contributed by atoms with van der Waals surface area (Å²) < 4.78 is 13.9. The van der Waals surface area contributed by atoms with Gasteiger partial charge in [0.05, 0.1) is 5.25 Å². The highest BCUT2D eigenvalue weighted by molar-refractivity contribution is 8.01. The van der Waals surface area contributed by atoms with Crippen molar-refractivity contribution in [2.24, 2.45) is 0 Å². The lowest BCUT2D eigenvalue weighted by Crippen LogP contribution is -2.36. The van der Waals surface area contributed by atoms with Crippen LogP contribution in [0.2, 0.25) is 0 Å². The molecule has 1 aliphatic heterocycles. The highest BCUT2D eigenvalue weighted by atomic mass is 32.2. The van der Waals surface area contributed by atoms with E-state index >= 15 is 0 Å². The molecule has 0 saturated carbocycles. The van der Waals surface area contributed by atoms with Gasteiger partial charge in [-0.15, -0.1) is 11.8 Å². The van der Waals surface area contributed by atoms with Gasteiger partial charge in [-0.2, -0.15) is 0 Å². The number of thioether (sulfide) groups is 1. The Bertz CT molecular complexity index is 455. The van der Waals surface area contributed by atoms with Crippen molar-refractivity contribution >= 4 is 17.7 Å². The van der Waals surface area contributed by atoms with Gasteiger partial charge in [0, 0.05) is 18.7 Å². The molecule has 19 heavy (non-hydrogen) atoms. The number of nitrogens with one attached hydrogen (secondary N) is 1. The summed E-state index contributed by atoms with van der Waals surface area (Å²) in [6.07, 6.45) is 0.782. The smallest absolute Gasteiger partial charge is 0.236 e. The van der Waals surface area contributed by atoms with Gasteiger partial charge < -0.3 is 10.2 Å². The Balaban J connectivity index is 2.26. The lowest BCUT2D eigenvalue weighted by molar-refractivity contribution is -0.130. The molecule has 0 radical (unpaired) electrons. The van der Waals surface area contributed by atoms with E-state index in [0.717, 1.165) is 6.42 Å². The molecule has 0 spiro atoms. The second-order valence-electron chi connectivity index (χ2n) is 4.54. The van der Waals surface area contributed by atoms with Gasteiger partial charge in [-0.05, 0) is 19.5 Å². The number of likely N-dealkylation sites (N-methyl/N-ethyl adjacent to an activating group) is 1. The number of hydrogen-bond acceptors (Lipinski definition) is 3. The first-order chi connectivity index (χ1) is 9.19. The van der Waals surface area contributed by atoms with Gasteiger partial charge in [-0.3, -0.25) is 4.79 Å². The number of rotatable bonds is 5. The minimum absolute atomic E-state index is 0.0542. The molecule has 1 N–H and O–H groups in total. The lowest BCUT2D eigenvalue weighted by atomic mass is 10.2. The second-order valence-corrected chi connectivity index (χ2v) is 5.83. The molecular weight excluding hydrogens is 263 g/mol. The predicted molar refractivity (Wildman–Crippen MR) is 76.5 cm³/mol. The molecule has 3 nitrogen and oxygen atoms in total. The van der Waals surface area contributed by atoms with Crippen molar-refractivity contribution in [2.45, 2.75) is 24.0 Å². The zero-order valence-corrected chi connectivity index (χ0v) is 12.0. The molecule has 1 aromatic rings. The normalized spacial score (nSPS) is 23.1. The molecule has 1 aromatic carbocycles. The van der Waals surface area contributed by atoms with Gasteiger partial charge in [-0.1, -0.05) is 25.1 Å². The maximum atomic E-state index is 13.9. The van der Waals surface area contributed by atoms with Gasteiger partial charge in [0.1, 0.15) is 11.2 Å². The Morgan fingerprint density at radius 1 is 1.42 bits per heavy atom. The molecule has 104 valence electrons. The van der Waals surface area contributed by atoms with Crippen molar-refractivity contribution < 1.29 is 9.18 Å². The van der Waals surface area contributed by atoms with Crippen LogP contribution < -0.4 is 5.32 Å². The predicted octanol–water partition coefficient (Wildman–Crippen LogP) is 2.40. The summed E-state index contributed by atoms with van der Waals surface area (Å²) in [5.41, 5.74) is 0.605. The Labute approximate surface area is 117 Å². The van der Waals surface area contributed by atoms with Crippen LogP contribution in [0.3, 0.4) is 0 Å². The summed E-state index contributed by atoms with van der Waals surface area (Å²) in [4.78, 5) is 14.1. The number of benzene rings is 1. The molecule has 2 rings (SSSR count). The largest absolute Gasteiger partial charge is 0.324 e. The van der Waals surface area contributed by atoms with Crippen LogP contribution in [-0.2, 0) is 4.79 Å². The second kappa shape index (κ2) is 6.39. The fourth-order valence-electron chi connectivity index (χ4n) is 2.23. The van der Waals surface area contributed by atoms with Gasteiger partial charge in [0.15, 0.2) is 0 Å². The first-order valence-corrected chi connectivity index (χ1v) is 7.48. The minimum atomic E-state index is -0.237.